The quantitative estimate of drug-likeness (QED) is 0.0619. The molecule has 0 spiro atoms. The number of phenolic OH excluding ortho intramolecular Hbond substituents is 1. The largest absolute Gasteiger partial charge is 0.507 e. The smallest absolute Gasteiger partial charge is 0.326 e. The maximum atomic E-state index is 14.0. The summed E-state index contributed by atoms with van der Waals surface area (Å²) in [6.07, 6.45) is 10.6. The third-order valence-electron chi connectivity index (χ3n) is 10.6. The van der Waals surface area contributed by atoms with Gasteiger partial charge < -0.3 is 14.6 Å². The number of rotatable bonds is 18. The lowest BCUT2D eigenvalue weighted by Gasteiger charge is -2.27. The van der Waals surface area contributed by atoms with Gasteiger partial charge in [0, 0.05) is 0 Å². The van der Waals surface area contributed by atoms with Gasteiger partial charge in [0.1, 0.15) is 17.2 Å². The summed E-state index contributed by atoms with van der Waals surface area (Å²) in [7, 11) is 0. The molecule has 5 nitrogen and oxygen atoms in total. The molecule has 5 heteroatoms. The van der Waals surface area contributed by atoms with Crippen molar-refractivity contribution in [2.24, 2.45) is 5.92 Å². The van der Waals surface area contributed by atoms with E-state index < -0.39 is 17.9 Å². The number of phenols is 1. The Morgan fingerprint density at radius 3 is 1.39 bits per heavy atom. The number of ether oxygens (including phenoxy) is 2. The topological polar surface area (TPSA) is 72.8 Å². The molecule has 280 valence electrons. The van der Waals surface area contributed by atoms with E-state index in [2.05, 4.69) is 62.3 Å². The molecule has 3 rings (SSSR count). The first-order chi connectivity index (χ1) is 24.0. The molecule has 0 atom stereocenters. The first-order valence-corrected chi connectivity index (χ1v) is 19.5. The van der Waals surface area contributed by atoms with Gasteiger partial charge in [0.05, 0.1) is 0 Å². The Morgan fingerprint density at radius 1 is 0.627 bits per heavy atom. The van der Waals surface area contributed by atoms with Gasteiger partial charge in [-0.1, -0.05) is 145 Å². The Morgan fingerprint density at radius 2 is 1.04 bits per heavy atom. The molecule has 0 aliphatic rings. The predicted molar refractivity (Wildman–Crippen MR) is 211 cm³/mol. The van der Waals surface area contributed by atoms with Crippen LogP contribution in [0.4, 0.5) is 0 Å². The molecule has 0 saturated heterocycles. The van der Waals surface area contributed by atoms with E-state index in [4.69, 9.17) is 9.47 Å². The molecule has 0 bridgehead atoms. The number of carbonyl (C=O) groups excluding carboxylic acids is 2. The number of hydrogen-bond acceptors (Lipinski definition) is 5. The zero-order chi connectivity index (χ0) is 38.0. The maximum absolute atomic E-state index is 14.0. The van der Waals surface area contributed by atoms with Crippen LogP contribution < -0.4 is 9.47 Å². The molecule has 1 N–H and O–H groups in total. The van der Waals surface area contributed by atoms with Crippen LogP contribution in [0.1, 0.15) is 161 Å². The molecule has 3 aromatic carbocycles. The van der Waals surface area contributed by atoms with E-state index in [0.29, 0.717) is 30.1 Å². The van der Waals surface area contributed by atoms with Gasteiger partial charge in [-0.25, -0.2) is 0 Å². The number of aromatic hydroxyl groups is 1. The summed E-state index contributed by atoms with van der Waals surface area (Å²) in [5.41, 5.74) is 5.49. The molecule has 0 fully saturated rings. The molecule has 0 amide bonds. The monoisotopic (exact) mass is 698 g/mol. The van der Waals surface area contributed by atoms with Crippen molar-refractivity contribution in [2.45, 2.75) is 163 Å². The number of unbranched alkanes of at least 4 members (excludes halogenated alkanes) is 4. The van der Waals surface area contributed by atoms with E-state index >= 15 is 0 Å². The van der Waals surface area contributed by atoms with Gasteiger partial charge in [-0.3, -0.25) is 9.59 Å². The van der Waals surface area contributed by atoms with Crippen molar-refractivity contribution < 1.29 is 24.2 Å². The van der Waals surface area contributed by atoms with Gasteiger partial charge in [0.25, 0.3) is 0 Å². The van der Waals surface area contributed by atoms with E-state index in [0.717, 1.165) is 47.9 Å². The fraction of sp³-hybridized carbons (Fsp3) is 0.565. The third-order valence-corrected chi connectivity index (χ3v) is 10.6. The molecule has 51 heavy (non-hydrogen) atoms. The normalized spacial score (nSPS) is 12.3. The Balaban J connectivity index is 1.97. The first kappa shape index (κ1) is 41.8. The minimum atomic E-state index is -1.22. The maximum Gasteiger partial charge on any atom is 0.326 e. The Hall–Kier alpha value is -3.60. The van der Waals surface area contributed by atoms with Gasteiger partial charge in [-0.2, -0.15) is 0 Å². The minimum Gasteiger partial charge on any atom is -0.507 e. The summed E-state index contributed by atoms with van der Waals surface area (Å²) in [6, 6.07) is 17.3. The van der Waals surface area contributed by atoms with Crippen LogP contribution in [-0.2, 0) is 45.1 Å². The predicted octanol–water partition coefficient (Wildman–Crippen LogP) is 11.9. The van der Waals surface area contributed by atoms with Crippen LogP contribution in [0.25, 0.3) is 0 Å². The van der Waals surface area contributed by atoms with Crippen LogP contribution in [0.5, 0.6) is 17.2 Å². The lowest BCUT2D eigenvalue weighted by Crippen LogP contribution is -2.34. The number of hydrogen-bond donors (Lipinski definition) is 1. The van der Waals surface area contributed by atoms with Crippen LogP contribution in [-0.4, -0.2) is 17.0 Å². The SMILES string of the molecule is CCCCCC(C)(C)c1ccc(OC(=O)C(Cc2cc(C(C)(C)C)c(O)c(CC)c2CC)C(=O)Oc2ccc(C(C)(C)CCCCC)cc2)cc1. The summed E-state index contributed by atoms with van der Waals surface area (Å²) >= 11 is 0. The second kappa shape index (κ2) is 18.2. The van der Waals surface area contributed by atoms with Crippen molar-refractivity contribution in [1.29, 1.82) is 0 Å². The average Bonchev–Trinajstić information content (AvgIpc) is 3.07. The lowest BCUT2D eigenvalue weighted by atomic mass is 9.79. The highest BCUT2D eigenvalue weighted by atomic mass is 16.6. The van der Waals surface area contributed by atoms with Crippen LogP contribution in [0.2, 0.25) is 0 Å². The van der Waals surface area contributed by atoms with Crippen LogP contribution in [0, 0.1) is 5.92 Å². The van der Waals surface area contributed by atoms with Gasteiger partial charge >= 0.3 is 11.9 Å². The van der Waals surface area contributed by atoms with Gasteiger partial charge in [0.15, 0.2) is 5.92 Å². The first-order valence-electron chi connectivity index (χ1n) is 19.5. The molecular weight excluding hydrogens is 633 g/mol. The molecule has 0 aliphatic carbocycles. The average molecular weight is 699 g/mol. The highest BCUT2D eigenvalue weighted by Crippen LogP contribution is 2.39. The summed E-state index contributed by atoms with van der Waals surface area (Å²) in [5.74, 6) is -1.45. The third kappa shape index (κ3) is 11.2. The molecule has 0 heterocycles. The Labute approximate surface area is 309 Å². The minimum absolute atomic E-state index is 0.00148. The Kier molecular flexibility index (Phi) is 15.0. The zero-order valence-corrected chi connectivity index (χ0v) is 33.6. The van der Waals surface area contributed by atoms with Crippen LogP contribution >= 0.6 is 0 Å². The van der Waals surface area contributed by atoms with Crippen molar-refractivity contribution >= 4 is 11.9 Å². The highest BCUT2D eigenvalue weighted by molar-refractivity contribution is 5.97. The van der Waals surface area contributed by atoms with Crippen molar-refractivity contribution in [3.8, 4) is 17.2 Å². The Bertz CT molecular complexity index is 1490. The molecule has 0 radical (unpaired) electrons. The molecule has 0 aromatic heterocycles. The fourth-order valence-corrected chi connectivity index (χ4v) is 7.13. The summed E-state index contributed by atoms with van der Waals surface area (Å²) in [5, 5.41) is 11.3. The highest BCUT2D eigenvalue weighted by Gasteiger charge is 2.34. The van der Waals surface area contributed by atoms with Gasteiger partial charge in [0.2, 0.25) is 0 Å². The standard InChI is InChI=1S/C46H66O5/c1-12-16-18-28-45(8,9)33-20-24-35(25-21-33)50-42(48)39(30-32-31-40(44(5,6)7)41(47)38(15-4)37(32)14-3)43(49)51-36-26-22-34(23-27-36)46(10,11)29-19-17-13-2/h20-27,31,39,47H,12-19,28-30H2,1-11H3. The summed E-state index contributed by atoms with van der Waals surface area (Å²) in [6.45, 7) is 23.6. The summed E-state index contributed by atoms with van der Waals surface area (Å²) < 4.78 is 11.9. The second-order valence-corrected chi connectivity index (χ2v) is 16.7. The molecule has 0 unspecified atom stereocenters. The van der Waals surface area contributed by atoms with Crippen molar-refractivity contribution in [2.75, 3.05) is 0 Å². The van der Waals surface area contributed by atoms with E-state index in [9.17, 15) is 14.7 Å². The fourth-order valence-electron chi connectivity index (χ4n) is 7.13. The zero-order valence-electron chi connectivity index (χ0n) is 33.6. The van der Waals surface area contributed by atoms with Crippen molar-refractivity contribution in [1.82, 2.24) is 0 Å². The van der Waals surface area contributed by atoms with Crippen molar-refractivity contribution in [3.63, 3.8) is 0 Å². The van der Waals surface area contributed by atoms with E-state index in [1.807, 2.05) is 68.4 Å². The van der Waals surface area contributed by atoms with E-state index in [1.54, 1.807) is 0 Å². The summed E-state index contributed by atoms with van der Waals surface area (Å²) in [4.78, 5) is 28.1. The van der Waals surface area contributed by atoms with E-state index in [1.165, 1.54) is 36.8 Å². The van der Waals surface area contributed by atoms with E-state index in [-0.39, 0.29) is 22.7 Å². The molecule has 0 aliphatic heterocycles. The lowest BCUT2D eigenvalue weighted by molar-refractivity contribution is -0.151. The van der Waals surface area contributed by atoms with Crippen LogP contribution in [0.15, 0.2) is 54.6 Å². The van der Waals surface area contributed by atoms with Crippen LogP contribution in [0.3, 0.4) is 0 Å². The number of benzene rings is 3. The molecule has 3 aromatic rings. The van der Waals surface area contributed by atoms with Gasteiger partial charge in [-0.05, 0) is 106 Å². The number of esters is 2. The number of carbonyl (C=O) groups is 2. The second-order valence-electron chi connectivity index (χ2n) is 16.7. The molecular formula is C46H66O5. The van der Waals surface area contributed by atoms with Gasteiger partial charge in [-0.15, -0.1) is 0 Å². The van der Waals surface area contributed by atoms with Crippen molar-refractivity contribution in [3.05, 3.63) is 88.0 Å². The molecule has 0 saturated carbocycles.